The number of aromatic carboxylic acids is 1. The molecule has 0 aliphatic carbocycles. The maximum Gasteiger partial charge on any atom is 0.348 e. The summed E-state index contributed by atoms with van der Waals surface area (Å²) in [5.41, 5.74) is 9.66. The van der Waals surface area contributed by atoms with Gasteiger partial charge in [0.05, 0.1) is 5.69 Å². The van der Waals surface area contributed by atoms with E-state index in [0.29, 0.717) is 5.69 Å². The Balaban J connectivity index is 2.76. The molecule has 2 aromatic rings. The van der Waals surface area contributed by atoms with E-state index in [9.17, 15) is 9.90 Å². The van der Waals surface area contributed by atoms with Gasteiger partial charge in [-0.1, -0.05) is 32.0 Å². The van der Waals surface area contributed by atoms with Crippen molar-refractivity contribution >= 4 is 45.6 Å². The number of carboxylic acid groups (broad SMARTS) is 1. The number of anilines is 1. The van der Waals surface area contributed by atoms with Crippen molar-refractivity contribution in [1.29, 1.82) is 0 Å². The zero-order valence-electron chi connectivity index (χ0n) is 11.5. The van der Waals surface area contributed by atoms with Gasteiger partial charge in [0.1, 0.15) is 4.88 Å². The molecule has 0 fully saturated rings. The maximum absolute atomic E-state index is 11.3. The molecule has 0 aliphatic rings. The summed E-state index contributed by atoms with van der Waals surface area (Å²) in [6.45, 7) is 6.13. The van der Waals surface area contributed by atoms with E-state index in [1.165, 1.54) is 16.9 Å². The molecule has 0 radical (unpaired) electrons. The molecular formula is C15H16INO2S. The Morgan fingerprint density at radius 3 is 2.60 bits per heavy atom. The Bertz CT molecular complexity index is 677. The number of carboxylic acids is 1. The summed E-state index contributed by atoms with van der Waals surface area (Å²) in [6.07, 6.45) is 0. The Hall–Kier alpha value is -1.08. The highest BCUT2D eigenvalue weighted by atomic mass is 127. The van der Waals surface area contributed by atoms with Crippen LogP contribution < -0.4 is 5.73 Å². The summed E-state index contributed by atoms with van der Waals surface area (Å²) in [6, 6.07) is 6.07. The van der Waals surface area contributed by atoms with Crippen LogP contribution in [0.5, 0.6) is 0 Å². The lowest BCUT2D eigenvalue weighted by Gasteiger charge is -2.11. The van der Waals surface area contributed by atoms with Crippen LogP contribution in [-0.2, 0) is 0 Å². The fourth-order valence-electron chi connectivity index (χ4n) is 2.21. The normalized spacial score (nSPS) is 11.1. The molecular weight excluding hydrogens is 385 g/mol. The third-order valence-corrected chi connectivity index (χ3v) is 5.87. The topological polar surface area (TPSA) is 63.3 Å². The average Bonchev–Trinajstić information content (AvgIpc) is 2.70. The first-order valence-electron chi connectivity index (χ1n) is 6.25. The molecule has 0 saturated carbocycles. The highest BCUT2D eigenvalue weighted by Crippen LogP contribution is 2.44. The molecule has 0 aliphatic heterocycles. The Morgan fingerprint density at radius 2 is 2.05 bits per heavy atom. The Labute approximate surface area is 136 Å². The molecule has 2 rings (SSSR count). The van der Waals surface area contributed by atoms with Gasteiger partial charge in [0, 0.05) is 14.0 Å². The predicted molar refractivity (Wildman–Crippen MR) is 92.7 cm³/mol. The molecule has 0 amide bonds. The monoisotopic (exact) mass is 401 g/mol. The molecule has 20 heavy (non-hydrogen) atoms. The maximum atomic E-state index is 11.3. The average molecular weight is 401 g/mol. The first-order chi connectivity index (χ1) is 9.34. The molecule has 3 nitrogen and oxygen atoms in total. The van der Waals surface area contributed by atoms with Gasteiger partial charge < -0.3 is 10.8 Å². The highest BCUT2D eigenvalue weighted by molar-refractivity contribution is 14.1. The minimum Gasteiger partial charge on any atom is -0.477 e. The van der Waals surface area contributed by atoms with Crippen LogP contribution in [0.15, 0.2) is 18.2 Å². The third kappa shape index (κ3) is 2.56. The SMILES string of the molecule is Cc1cccc(-c2sc(C(=O)O)c(N)c2C(C)C)c1I. The highest BCUT2D eigenvalue weighted by Gasteiger charge is 2.24. The number of hydrogen-bond acceptors (Lipinski definition) is 3. The second-order valence-electron chi connectivity index (χ2n) is 4.98. The van der Waals surface area contributed by atoms with E-state index in [4.69, 9.17) is 5.73 Å². The van der Waals surface area contributed by atoms with Gasteiger partial charge in [-0.15, -0.1) is 11.3 Å². The summed E-state index contributed by atoms with van der Waals surface area (Å²) in [4.78, 5) is 12.5. The molecule has 1 heterocycles. The molecule has 5 heteroatoms. The van der Waals surface area contributed by atoms with Crippen molar-refractivity contribution in [1.82, 2.24) is 0 Å². The van der Waals surface area contributed by atoms with Crippen LogP contribution in [0.3, 0.4) is 0 Å². The lowest BCUT2D eigenvalue weighted by atomic mass is 9.97. The third-order valence-electron chi connectivity index (χ3n) is 3.19. The van der Waals surface area contributed by atoms with Gasteiger partial charge in [-0.05, 0) is 46.6 Å². The fourth-order valence-corrected chi connectivity index (χ4v) is 4.27. The van der Waals surface area contributed by atoms with E-state index >= 15 is 0 Å². The number of halogens is 1. The van der Waals surface area contributed by atoms with Crippen molar-refractivity contribution in [2.24, 2.45) is 0 Å². The number of nitrogens with two attached hydrogens (primary N) is 1. The predicted octanol–water partition coefficient (Wildman–Crippen LogP) is 4.73. The van der Waals surface area contributed by atoms with E-state index in [1.54, 1.807) is 0 Å². The van der Waals surface area contributed by atoms with E-state index in [-0.39, 0.29) is 10.8 Å². The van der Waals surface area contributed by atoms with Gasteiger partial charge in [0.2, 0.25) is 0 Å². The van der Waals surface area contributed by atoms with Gasteiger partial charge in [-0.3, -0.25) is 0 Å². The summed E-state index contributed by atoms with van der Waals surface area (Å²) >= 11 is 3.57. The number of rotatable bonds is 3. The van der Waals surface area contributed by atoms with Crippen molar-refractivity contribution in [2.45, 2.75) is 26.7 Å². The first kappa shape index (κ1) is 15.3. The Morgan fingerprint density at radius 1 is 1.40 bits per heavy atom. The first-order valence-corrected chi connectivity index (χ1v) is 8.15. The van der Waals surface area contributed by atoms with Crippen LogP contribution >= 0.6 is 33.9 Å². The quantitative estimate of drug-likeness (QED) is 0.731. The minimum absolute atomic E-state index is 0.186. The van der Waals surface area contributed by atoms with Gasteiger partial charge in [0.25, 0.3) is 0 Å². The van der Waals surface area contributed by atoms with Crippen molar-refractivity contribution in [3.8, 4) is 10.4 Å². The summed E-state index contributed by atoms with van der Waals surface area (Å²) in [7, 11) is 0. The molecule has 0 atom stereocenters. The van der Waals surface area contributed by atoms with Crippen molar-refractivity contribution in [3.63, 3.8) is 0 Å². The lowest BCUT2D eigenvalue weighted by molar-refractivity contribution is 0.0703. The van der Waals surface area contributed by atoms with Crippen LogP contribution in [0.1, 0.15) is 40.6 Å². The number of thiophene rings is 1. The van der Waals surface area contributed by atoms with Crippen LogP contribution in [0.2, 0.25) is 0 Å². The zero-order chi connectivity index (χ0) is 15.0. The summed E-state index contributed by atoms with van der Waals surface area (Å²) < 4.78 is 1.14. The number of aryl methyl sites for hydroxylation is 1. The van der Waals surface area contributed by atoms with Crippen LogP contribution in [0, 0.1) is 10.5 Å². The smallest absolute Gasteiger partial charge is 0.348 e. The van der Waals surface area contributed by atoms with Crippen LogP contribution in [0.25, 0.3) is 10.4 Å². The number of nitrogen functional groups attached to an aromatic ring is 1. The van der Waals surface area contributed by atoms with E-state index in [0.717, 1.165) is 19.6 Å². The molecule has 0 spiro atoms. The molecule has 0 unspecified atom stereocenters. The molecule has 0 saturated heterocycles. The van der Waals surface area contributed by atoms with Gasteiger partial charge in [-0.2, -0.15) is 0 Å². The van der Waals surface area contributed by atoms with Crippen LogP contribution in [0.4, 0.5) is 5.69 Å². The van der Waals surface area contributed by atoms with E-state index in [2.05, 4.69) is 35.6 Å². The number of hydrogen-bond donors (Lipinski definition) is 2. The number of carbonyl (C=O) groups is 1. The second-order valence-corrected chi connectivity index (χ2v) is 7.08. The van der Waals surface area contributed by atoms with Crippen molar-refractivity contribution in [3.05, 3.63) is 37.8 Å². The fraction of sp³-hybridized carbons (Fsp3) is 0.267. The van der Waals surface area contributed by atoms with Gasteiger partial charge in [-0.25, -0.2) is 4.79 Å². The Kier molecular flexibility index (Phi) is 4.39. The van der Waals surface area contributed by atoms with E-state index in [1.807, 2.05) is 26.0 Å². The molecule has 0 bridgehead atoms. The van der Waals surface area contributed by atoms with Crippen LogP contribution in [-0.4, -0.2) is 11.1 Å². The summed E-state index contributed by atoms with van der Waals surface area (Å²) in [5, 5.41) is 9.28. The lowest BCUT2D eigenvalue weighted by Crippen LogP contribution is -2.01. The van der Waals surface area contributed by atoms with Crippen molar-refractivity contribution in [2.75, 3.05) is 5.73 Å². The molecule has 1 aromatic carbocycles. The largest absolute Gasteiger partial charge is 0.477 e. The zero-order valence-corrected chi connectivity index (χ0v) is 14.5. The van der Waals surface area contributed by atoms with Gasteiger partial charge in [0.15, 0.2) is 0 Å². The molecule has 1 aromatic heterocycles. The molecule has 3 N–H and O–H groups in total. The second kappa shape index (κ2) is 5.73. The minimum atomic E-state index is -0.955. The standard InChI is InChI=1S/C15H16INO2S/c1-7(2)10-12(17)14(15(18)19)20-13(10)9-6-4-5-8(3)11(9)16/h4-7H,17H2,1-3H3,(H,18,19). The summed E-state index contributed by atoms with van der Waals surface area (Å²) in [5.74, 6) is -0.769. The van der Waals surface area contributed by atoms with E-state index < -0.39 is 5.97 Å². The van der Waals surface area contributed by atoms with Gasteiger partial charge >= 0.3 is 5.97 Å². The van der Waals surface area contributed by atoms with Crippen molar-refractivity contribution < 1.29 is 9.90 Å². The number of benzene rings is 1. The molecule has 106 valence electrons.